The van der Waals surface area contributed by atoms with Gasteiger partial charge in [-0.25, -0.2) is 9.78 Å². The lowest BCUT2D eigenvalue weighted by molar-refractivity contribution is -0.898. The summed E-state index contributed by atoms with van der Waals surface area (Å²) in [6.07, 6.45) is 2.22. The Kier molecular flexibility index (Phi) is 6.40. The van der Waals surface area contributed by atoms with Gasteiger partial charge in [0.25, 0.3) is 5.91 Å². The van der Waals surface area contributed by atoms with Gasteiger partial charge in [0.15, 0.2) is 6.54 Å². The van der Waals surface area contributed by atoms with Crippen molar-refractivity contribution in [1.82, 2.24) is 4.98 Å². The first-order valence-electron chi connectivity index (χ1n) is 10.4. The van der Waals surface area contributed by atoms with Crippen LogP contribution in [0.15, 0.2) is 48.5 Å². The highest BCUT2D eigenvalue weighted by Crippen LogP contribution is 2.30. The number of anilines is 1. The quantitative estimate of drug-likeness (QED) is 0.597. The van der Waals surface area contributed by atoms with Gasteiger partial charge in [-0.3, -0.25) is 4.79 Å². The van der Waals surface area contributed by atoms with Gasteiger partial charge in [-0.15, -0.1) is 11.3 Å². The number of rotatable bonds is 6. The van der Waals surface area contributed by atoms with Crippen LogP contribution >= 0.6 is 11.3 Å². The lowest BCUT2D eigenvalue weighted by Gasteiger charge is -2.28. The minimum Gasteiger partial charge on any atom is -0.462 e. The number of thiazole rings is 1. The number of ether oxygens (including phenoxy) is 1. The summed E-state index contributed by atoms with van der Waals surface area (Å²) in [6.45, 7) is 4.47. The number of carbonyl (C=O) groups is 2. The summed E-state index contributed by atoms with van der Waals surface area (Å²) >= 11 is 1.77. The molecule has 1 aromatic heterocycles. The van der Waals surface area contributed by atoms with E-state index in [9.17, 15) is 9.59 Å². The Morgan fingerprint density at radius 2 is 2.00 bits per heavy atom. The Bertz CT molecular complexity index is 999. The molecule has 2 atom stereocenters. The average Bonchev–Trinajstić information content (AvgIpc) is 3.19. The SMILES string of the molecule is CCOC(=O)c1ccc(NC(=O)C[NH+]2CCC[C@H](c3nc4ccccc4s3)C2)cc1. The van der Waals surface area contributed by atoms with E-state index in [2.05, 4.69) is 17.4 Å². The number of carbonyl (C=O) groups excluding carboxylic acids is 2. The minimum absolute atomic E-state index is 0.0150. The van der Waals surface area contributed by atoms with Gasteiger partial charge in [0.2, 0.25) is 0 Å². The summed E-state index contributed by atoms with van der Waals surface area (Å²) in [7, 11) is 0. The Morgan fingerprint density at radius 3 is 2.77 bits per heavy atom. The first-order valence-corrected chi connectivity index (χ1v) is 11.2. The molecular weight excluding hydrogens is 398 g/mol. The number of quaternary nitrogens is 1. The van der Waals surface area contributed by atoms with Crippen LogP contribution in [-0.4, -0.2) is 43.1 Å². The third-order valence-electron chi connectivity index (χ3n) is 5.37. The van der Waals surface area contributed by atoms with Gasteiger partial charge in [-0.1, -0.05) is 12.1 Å². The smallest absolute Gasteiger partial charge is 0.338 e. The van der Waals surface area contributed by atoms with Crippen molar-refractivity contribution in [2.24, 2.45) is 0 Å². The van der Waals surface area contributed by atoms with Gasteiger partial charge in [0, 0.05) is 5.69 Å². The van der Waals surface area contributed by atoms with E-state index in [1.54, 1.807) is 42.5 Å². The van der Waals surface area contributed by atoms with Gasteiger partial charge < -0.3 is 15.0 Å². The standard InChI is InChI=1S/C23H25N3O3S/c1-2-29-23(28)16-9-11-18(12-10-16)24-21(27)15-26-13-5-6-17(14-26)22-25-19-7-3-4-8-20(19)30-22/h3-4,7-12,17H,2,5-6,13-15H2,1H3,(H,24,27)/p+1/t17-/m0/s1. The lowest BCUT2D eigenvalue weighted by atomic mass is 9.99. The summed E-state index contributed by atoms with van der Waals surface area (Å²) in [5, 5.41) is 4.12. The second kappa shape index (κ2) is 9.36. The van der Waals surface area contributed by atoms with Crippen molar-refractivity contribution in [2.75, 3.05) is 31.6 Å². The predicted octanol–water partition coefficient (Wildman–Crippen LogP) is 2.87. The van der Waals surface area contributed by atoms with Crippen molar-refractivity contribution in [1.29, 1.82) is 0 Å². The van der Waals surface area contributed by atoms with Crippen LogP contribution in [-0.2, 0) is 9.53 Å². The average molecular weight is 425 g/mol. The fourth-order valence-electron chi connectivity index (χ4n) is 3.92. The van der Waals surface area contributed by atoms with Crippen molar-refractivity contribution in [3.8, 4) is 0 Å². The highest BCUT2D eigenvalue weighted by atomic mass is 32.1. The topological polar surface area (TPSA) is 72.7 Å². The van der Waals surface area contributed by atoms with Crippen LogP contribution in [0, 0.1) is 0 Å². The molecule has 1 amide bonds. The maximum Gasteiger partial charge on any atom is 0.338 e. The Morgan fingerprint density at radius 1 is 1.20 bits per heavy atom. The molecule has 6 nitrogen and oxygen atoms in total. The number of fused-ring (bicyclic) bond motifs is 1. The first kappa shape index (κ1) is 20.5. The largest absolute Gasteiger partial charge is 0.462 e. The number of likely N-dealkylation sites (tertiary alicyclic amines) is 1. The summed E-state index contributed by atoms with van der Waals surface area (Å²) < 4.78 is 6.21. The number of aromatic nitrogens is 1. The van der Waals surface area contributed by atoms with E-state index < -0.39 is 0 Å². The van der Waals surface area contributed by atoms with Crippen molar-refractivity contribution >= 4 is 39.1 Å². The zero-order chi connectivity index (χ0) is 20.9. The fraction of sp³-hybridized carbons (Fsp3) is 0.348. The zero-order valence-electron chi connectivity index (χ0n) is 17.0. The maximum absolute atomic E-state index is 12.5. The summed E-state index contributed by atoms with van der Waals surface area (Å²) in [5.74, 6) is 0.0377. The number of hydrogen-bond donors (Lipinski definition) is 2. The predicted molar refractivity (Wildman–Crippen MR) is 118 cm³/mol. The molecule has 0 saturated carbocycles. The Balaban J connectivity index is 1.33. The van der Waals surface area contributed by atoms with Gasteiger partial charge in [-0.05, 0) is 56.2 Å². The third-order valence-corrected chi connectivity index (χ3v) is 6.57. The molecule has 156 valence electrons. The number of benzene rings is 2. The molecular formula is C23H26N3O3S+. The molecule has 1 fully saturated rings. The molecule has 2 heterocycles. The van der Waals surface area contributed by atoms with E-state index in [-0.39, 0.29) is 11.9 Å². The van der Waals surface area contributed by atoms with Crippen LogP contribution < -0.4 is 10.2 Å². The maximum atomic E-state index is 12.5. The molecule has 1 aliphatic rings. The molecule has 2 aromatic carbocycles. The molecule has 1 aliphatic heterocycles. The third kappa shape index (κ3) is 4.86. The molecule has 0 bridgehead atoms. The zero-order valence-corrected chi connectivity index (χ0v) is 17.8. The van der Waals surface area contributed by atoms with Crippen LogP contribution in [0.4, 0.5) is 5.69 Å². The summed E-state index contributed by atoms with van der Waals surface area (Å²) in [6, 6.07) is 15.1. The first-order chi connectivity index (χ1) is 14.6. The number of esters is 1. The Labute approximate surface area is 179 Å². The summed E-state index contributed by atoms with van der Waals surface area (Å²) in [5.41, 5.74) is 2.23. The van der Waals surface area contributed by atoms with E-state index in [0.717, 1.165) is 31.4 Å². The van der Waals surface area contributed by atoms with E-state index in [4.69, 9.17) is 9.72 Å². The molecule has 1 unspecified atom stereocenters. The van der Waals surface area contributed by atoms with Gasteiger partial charge in [0.1, 0.15) is 5.01 Å². The molecule has 30 heavy (non-hydrogen) atoms. The molecule has 1 saturated heterocycles. The molecule has 3 aromatic rings. The van der Waals surface area contributed by atoms with E-state index in [1.165, 1.54) is 14.6 Å². The molecule has 0 spiro atoms. The van der Waals surface area contributed by atoms with Crippen LogP contribution in [0.1, 0.15) is 41.0 Å². The fourth-order valence-corrected chi connectivity index (χ4v) is 5.03. The second-order valence-corrected chi connectivity index (χ2v) is 8.65. The number of nitrogens with zero attached hydrogens (tertiary/aromatic N) is 1. The Hall–Kier alpha value is -2.77. The van der Waals surface area contributed by atoms with Crippen LogP contribution in [0.2, 0.25) is 0 Å². The number of amides is 1. The highest BCUT2D eigenvalue weighted by molar-refractivity contribution is 7.18. The van der Waals surface area contributed by atoms with E-state index >= 15 is 0 Å². The highest BCUT2D eigenvalue weighted by Gasteiger charge is 2.28. The van der Waals surface area contributed by atoms with E-state index in [0.29, 0.717) is 30.3 Å². The molecule has 4 rings (SSSR count). The molecule has 2 N–H and O–H groups in total. The van der Waals surface area contributed by atoms with Crippen LogP contribution in [0.25, 0.3) is 10.2 Å². The molecule has 7 heteroatoms. The molecule has 0 aliphatic carbocycles. The van der Waals surface area contributed by atoms with Crippen LogP contribution in [0.3, 0.4) is 0 Å². The van der Waals surface area contributed by atoms with Gasteiger partial charge >= 0.3 is 5.97 Å². The number of para-hydroxylation sites is 1. The van der Waals surface area contributed by atoms with Gasteiger partial charge in [0.05, 0.1) is 41.4 Å². The molecule has 0 radical (unpaired) electrons. The van der Waals surface area contributed by atoms with Crippen molar-refractivity contribution in [2.45, 2.75) is 25.7 Å². The number of hydrogen-bond acceptors (Lipinski definition) is 5. The monoisotopic (exact) mass is 424 g/mol. The van der Waals surface area contributed by atoms with Crippen molar-refractivity contribution < 1.29 is 19.2 Å². The number of nitrogens with one attached hydrogen (secondary N) is 2. The van der Waals surface area contributed by atoms with Gasteiger partial charge in [-0.2, -0.15) is 0 Å². The summed E-state index contributed by atoms with van der Waals surface area (Å²) in [4.78, 5) is 30.4. The van der Waals surface area contributed by atoms with E-state index in [1.807, 2.05) is 12.1 Å². The number of piperidine rings is 1. The lowest BCUT2D eigenvalue weighted by Crippen LogP contribution is -3.14. The minimum atomic E-state index is -0.353. The normalized spacial score (nSPS) is 18.8. The van der Waals surface area contributed by atoms with Crippen LogP contribution in [0.5, 0.6) is 0 Å². The van der Waals surface area contributed by atoms with Crippen molar-refractivity contribution in [3.05, 3.63) is 59.1 Å². The second-order valence-electron chi connectivity index (χ2n) is 7.59. The van der Waals surface area contributed by atoms with Crippen molar-refractivity contribution in [3.63, 3.8) is 0 Å².